The van der Waals surface area contributed by atoms with Crippen molar-refractivity contribution in [3.8, 4) is 0 Å². The van der Waals surface area contributed by atoms with Crippen LogP contribution in [0.3, 0.4) is 0 Å². The van der Waals surface area contributed by atoms with E-state index in [1.54, 1.807) is 0 Å². The second kappa shape index (κ2) is 3.61. The maximum absolute atomic E-state index is 11.5. The summed E-state index contributed by atoms with van der Waals surface area (Å²) in [6.07, 6.45) is 7.67. The molecule has 0 bridgehead atoms. The van der Waals surface area contributed by atoms with Crippen LogP contribution in [0, 0.1) is 11.8 Å². The highest BCUT2D eigenvalue weighted by Crippen LogP contribution is 2.50. The Morgan fingerprint density at radius 3 is 2.47 bits per heavy atom. The molecule has 0 saturated heterocycles. The van der Waals surface area contributed by atoms with Crippen molar-refractivity contribution in [3.63, 3.8) is 0 Å². The molecule has 78 valence electrons. The van der Waals surface area contributed by atoms with Gasteiger partial charge in [0.15, 0.2) is 11.6 Å². The van der Waals surface area contributed by atoms with Crippen molar-refractivity contribution in [3.05, 3.63) is 35.5 Å². The van der Waals surface area contributed by atoms with E-state index < -0.39 is 0 Å². The molecule has 0 aromatic carbocycles. The smallest absolute Gasteiger partial charge is 0.186 e. The first kappa shape index (κ1) is 10.1. The van der Waals surface area contributed by atoms with Gasteiger partial charge < -0.3 is 0 Å². The molecule has 15 heavy (non-hydrogen) atoms. The van der Waals surface area contributed by atoms with Crippen LogP contribution >= 0.6 is 0 Å². The van der Waals surface area contributed by atoms with Crippen LogP contribution in [0.25, 0.3) is 0 Å². The molecule has 2 unspecified atom stereocenters. The zero-order valence-electron chi connectivity index (χ0n) is 8.99. The van der Waals surface area contributed by atoms with E-state index in [1.165, 1.54) is 12.2 Å². The first-order valence-corrected chi connectivity index (χ1v) is 5.46. The zero-order valence-corrected chi connectivity index (χ0v) is 8.99. The highest BCUT2D eigenvalue weighted by Gasteiger charge is 2.44. The van der Waals surface area contributed by atoms with Gasteiger partial charge in [-0.1, -0.05) is 26.0 Å². The van der Waals surface area contributed by atoms with E-state index in [2.05, 4.69) is 0 Å². The first-order valence-electron chi connectivity index (χ1n) is 5.46. The highest BCUT2D eigenvalue weighted by atomic mass is 16.1. The van der Waals surface area contributed by atoms with Gasteiger partial charge >= 0.3 is 0 Å². The minimum atomic E-state index is -0.0174. The molecule has 0 radical (unpaired) electrons. The summed E-state index contributed by atoms with van der Waals surface area (Å²) in [5.41, 5.74) is 1.39. The topological polar surface area (TPSA) is 34.1 Å². The maximum atomic E-state index is 11.5. The molecule has 1 fully saturated rings. The predicted octanol–water partition coefficient (Wildman–Crippen LogP) is 2.22. The third-order valence-electron chi connectivity index (χ3n) is 2.93. The number of fused-ring (bicyclic) bond motifs is 2. The molecule has 0 N–H and O–H groups in total. The lowest BCUT2D eigenvalue weighted by atomic mass is 9.88. The standard InChI is InChI=1S/C11H8O2.C2H6/c12-9-3-4-10(13)11-7(9)2-1-6-5-8(6)11;1-2/h1-4,6,8H,5H2;1-2H3. The Kier molecular flexibility index (Phi) is 2.43. The van der Waals surface area contributed by atoms with Gasteiger partial charge in [-0.3, -0.25) is 9.59 Å². The molecule has 3 aliphatic carbocycles. The van der Waals surface area contributed by atoms with Crippen LogP contribution in [0.5, 0.6) is 0 Å². The van der Waals surface area contributed by atoms with Crippen LogP contribution in [0.1, 0.15) is 20.3 Å². The summed E-state index contributed by atoms with van der Waals surface area (Å²) in [6.45, 7) is 4.00. The van der Waals surface area contributed by atoms with Gasteiger partial charge in [0.05, 0.1) is 0 Å². The van der Waals surface area contributed by atoms with Gasteiger partial charge in [0.1, 0.15) is 0 Å². The minimum Gasteiger partial charge on any atom is -0.290 e. The van der Waals surface area contributed by atoms with E-state index in [1.807, 2.05) is 26.0 Å². The van der Waals surface area contributed by atoms with Gasteiger partial charge in [-0.05, 0) is 30.4 Å². The lowest BCUT2D eigenvalue weighted by Gasteiger charge is -2.14. The normalized spacial score (nSPS) is 30.5. The van der Waals surface area contributed by atoms with Crippen molar-refractivity contribution in [1.82, 2.24) is 0 Å². The largest absolute Gasteiger partial charge is 0.290 e. The lowest BCUT2D eigenvalue weighted by molar-refractivity contribution is -0.115. The van der Waals surface area contributed by atoms with Crippen molar-refractivity contribution >= 4 is 11.6 Å². The molecule has 2 nitrogen and oxygen atoms in total. The second-order valence-corrected chi connectivity index (χ2v) is 3.75. The molecule has 2 heteroatoms. The fourth-order valence-electron chi connectivity index (χ4n) is 2.13. The average molecular weight is 202 g/mol. The molecule has 0 spiro atoms. The van der Waals surface area contributed by atoms with Crippen LogP contribution in [-0.4, -0.2) is 11.6 Å². The number of hydrogen-bond acceptors (Lipinski definition) is 2. The van der Waals surface area contributed by atoms with Gasteiger partial charge in [-0.2, -0.15) is 0 Å². The van der Waals surface area contributed by atoms with E-state index in [4.69, 9.17) is 0 Å². The van der Waals surface area contributed by atoms with Crippen LogP contribution < -0.4 is 0 Å². The van der Waals surface area contributed by atoms with E-state index in [9.17, 15) is 9.59 Å². The van der Waals surface area contributed by atoms with E-state index in [-0.39, 0.29) is 11.6 Å². The summed E-state index contributed by atoms with van der Waals surface area (Å²) in [6, 6.07) is 0. The van der Waals surface area contributed by atoms with Gasteiger partial charge in [0, 0.05) is 11.1 Å². The molecule has 0 heterocycles. The number of carbonyl (C=O) groups excluding carboxylic acids is 2. The Hall–Kier alpha value is -1.44. The number of hydrogen-bond donors (Lipinski definition) is 0. The molecule has 0 aromatic rings. The van der Waals surface area contributed by atoms with Gasteiger partial charge in [-0.25, -0.2) is 0 Å². The molecule has 0 amide bonds. The molecular weight excluding hydrogens is 188 g/mol. The molecule has 1 saturated carbocycles. The minimum absolute atomic E-state index is 0.0174. The Bertz CT molecular complexity index is 410. The quantitative estimate of drug-likeness (QED) is 0.564. The van der Waals surface area contributed by atoms with Crippen molar-refractivity contribution in [2.45, 2.75) is 20.3 Å². The molecule has 3 rings (SSSR count). The summed E-state index contributed by atoms with van der Waals surface area (Å²) in [5.74, 6) is 0.894. The van der Waals surface area contributed by atoms with Gasteiger partial charge in [0.2, 0.25) is 0 Å². The fourth-order valence-corrected chi connectivity index (χ4v) is 2.13. The maximum Gasteiger partial charge on any atom is 0.186 e. The fraction of sp³-hybridized carbons (Fsp3) is 0.385. The van der Waals surface area contributed by atoms with Crippen LogP contribution in [0.15, 0.2) is 35.5 Å². The Morgan fingerprint density at radius 2 is 1.73 bits per heavy atom. The highest BCUT2D eigenvalue weighted by molar-refractivity contribution is 6.22. The Morgan fingerprint density at radius 1 is 1.07 bits per heavy atom. The molecule has 2 atom stereocenters. The molecule has 0 aromatic heterocycles. The van der Waals surface area contributed by atoms with Crippen LogP contribution in [0.4, 0.5) is 0 Å². The predicted molar refractivity (Wildman–Crippen MR) is 58.3 cm³/mol. The summed E-state index contributed by atoms with van der Waals surface area (Å²) in [7, 11) is 0. The summed E-state index contributed by atoms with van der Waals surface area (Å²) in [4.78, 5) is 22.9. The summed E-state index contributed by atoms with van der Waals surface area (Å²) in [5, 5.41) is 0. The monoisotopic (exact) mass is 202 g/mol. The van der Waals surface area contributed by atoms with E-state index >= 15 is 0 Å². The molecule has 3 aliphatic rings. The van der Waals surface area contributed by atoms with Crippen molar-refractivity contribution < 1.29 is 9.59 Å². The van der Waals surface area contributed by atoms with Crippen LogP contribution in [-0.2, 0) is 9.59 Å². The van der Waals surface area contributed by atoms with E-state index in [0.717, 1.165) is 12.0 Å². The first-order chi connectivity index (χ1) is 7.27. The zero-order chi connectivity index (χ0) is 11.0. The van der Waals surface area contributed by atoms with Gasteiger partial charge in [0.25, 0.3) is 0 Å². The third-order valence-corrected chi connectivity index (χ3v) is 2.93. The van der Waals surface area contributed by atoms with Crippen LogP contribution in [0.2, 0.25) is 0 Å². The van der Waals surface area contributed by atoms with Crippen molar-refractivity contribution in [1.29, 1.82) is 0 Å². The van der Waals surface area contributed by atoms with Crippen molar-refractivity contribution in [2.24, 2.45) is 11.8 Å². The van der Waals surface area contributed by atoms with E-state index in [0.29, 0.717) is 17.4 Å². The van der Waals surface area contributed by atoms with Crippen molar-refractivity contribution in [2.75, 3.05) is 0 Å². The average Bonchev–Trinajstić information content (AvgIpc) is 3.04. The number of rotatable bonds is 0. The SMILES string of the molecule is CC.O=C1C=CC(=O)C2=C1C=CC1CC21. The molecular formula is C13H14O2. The summed E-state index contributed by atoms with van der Waals surface area (Å²) >= 11 is 0. The second-order valence-electron chi connectivity index (χ2n) is 3.75. The summed E-state index contributed by atoms with van der Waals surface area (Å²) < 4.78 is 0. The number of ketones is 2. The Balaban J connectivity index is 0.000000404. The van der Waals surface area contributed by atoms with Gasteiger partial charge in [-0.15, -0.1) is 0 Å². The number of carbonyl (C=O) groups is 2. The number of allylic oxidation sites excluding steroid dienone is 6. The third kappa shape index (κ3) is 1.50. The molecule has 0 aliphatic heterocycles. The Labute approximate surface area is 89.4 Å². The lowest BCUT2D eigenvalue weighted by Crippen LogP contribution is -2.17.